The van der Waals surface area contributed by atoms with Gasteiger partial charge in [0.2, 0.25) is 0 Å². The Labute approximate surface area is 178 Å². The number of thiocarbonyl (C=S) groups is 1. The Balaban J connectivity index is 2.00. The molecule has 3 N–H and O–H groups in total. The summed E-state index contributed by atoms with van der Waals surface area (Å²) in [7, 11) is 0. The van der Waals surface area contributed by atoms with E-state index in [1.165, 1.54) is 0 Å². The highest BCUT2D eigenvalue weighted by Gasteiger charge is 2.32. The van der Waals surface area contributed by atoms with Gasteiger partial charge in [-0.1, -0.05) is 41.1 Å². The van der Waals surface area contributed by atoms with Crippen molar-refractivity contribution in [3.8, 4) is 5.75 Å². The highest BCUT2D eigenvalue weighted by Crippen LogP contribution is 2.35. The smallest absolute Gasteiger partial charge is 0.255 e. The predicted octanol–water partition coefficient (Wildman–Crippen LogP) is 4.67. The third-order valence-electron chi connectivity index (χ3n) is 4.29. The first kappa shape index (κ1) is 20.4. The number of carbonyl (C=O) groups excluding carboxylic acids is 1. The highest BCUT2D eigenvalue weighted by atomic mass is 79.9. The minimum Gasteiger partial charge on any atom is -0.493 e. The number of nitrogens with one attached hydrogen (secondary N) is 3. The molecular formula is C21H22BrN3O2S. The van der Waals surface area contributed by atoms with Crippen molar-refractivity contribution < 1.29 is 9.53 Å². The Kier molecular flexibility index (Phi) is 6.70. The largest absolute Gasteiger partial charge is 0.493 e. The van der Waals surface area contributed by atoms with Gasteiger partial charge in [-0.2, -0.15) is 0 Å². The maximum absolute atomic E-state index is 13.1. The second-order valence-corrected chi connectivity index (χ2v) is 7.74. The number of anilines is 1. The van der Waals surface area contributed by atoms with Gasteiger partial charge >= 0.3 is 0 Å². The summed E-state index contributed by atoms with van der Waals surface area (Å²) < 4.78 is 6.83. The second kappa shape index (κ2) is 9.21. The Bertz CT molecular complexity index is 915. The van der Waals surface area contributed by atoms with E-state index in [2.05, 4.69) is 38.8 Å². The van der Waals surface area contributed by atoms with Crippen LogP contribution in [-0.2, 0) is 4.79 Å². The number of rotatable bonds is 6. The summed E-state index contributed by atoms with van der Waals surface area (Å²) in [4.78, 5) is 13.1. The molecule has 1 atom stereocenters. The summed E-state index contributed by atoms with van der Waals surface area (Å²) in [5, 5.41) is 9.72. The molecule has 28 heavy (non-hydrogen) atoms. The molecule has 1 aliphatic heterocycles. The van der Waals surface area contributed by atoms with E-state index in [0.29, 0.717) is 23.0 Å². The van der Waals surface area contributed by atoms with E-state index in [9.17, 15) is 4.79 Å². The quantitative estimate of drug-likeness (QED) is 0.547. The maximum atomic E-state index is 13.1. The molecular weight excluding hydrogens is 438 g/mol. The molecule has 7 heteroatoms. The first-order valence-electron chi connectivity index (χ1n) is 9.06. The summed E-state index contributed by atoms with van der Waals surface area (Å²) in [5.41, 5.74) is 2.86. The van der Waals surface area contributed by atoms with Gasteiger partial charge in [-0.05, 0) is 55.9 Å². The number of carbonyl (C=O) groups is 1. The summed E-state index contributed by atoms with van der Waals surface area (Å²) in [6.07, 6.45) is 0.893. The number of amides is 1. The predicted molar refractivity (Wildman–Crippen MR) is 119 cm³/mol. The van der Waals surface area contributed by atoms with E-state index in [1.807, 2.05) is 55.5 Å². The lowest BCUT2D eigenvalue weighted by molar-refractivity contribution is -0.113. The van der Waals surface area contributed by atoms with Crippen molar-refractivity contribution in [1.82, 2.24) is 10.6 Å². The van der Waals surface area contributed by atoms with Gasteiger partial charge < -0.3 is 20.7 Å². The summed E-state index contributed by atoms with van der Waals surface area (Å²) in [6, 6.07) is 14.7. The first-order valence-corrected chi connectivity index (χ1v) is 10.3. The SMILES string of the molecule is CCCOc1ccc(Br)cc1C1NC(=S)NC(C)=C1C(=O)Nc1ccccc1. The fraction of sp³-hybridized carbons (Fsp3) is 0.238. The van der Waals surface area contributed by atoms with Crippen molar-refractivity contribution in [2.45, 2.75) is 26.3 Å². The lowest BCUT2D eigenvalue weighted by atomic mass is 9.94. The Hall–Kier alpha value is -2.38. The molecule has 1 unspecified atom stereocenters. The van der Waals surface area contributed by atoms with Gasteiger partial charge in [0, 0.05) is 21.4 Å². The van der Waals surface area contributed by atoms with Gasteiger partial charge in [-0.15, -0.1) is 0 Å². The second-order valence-electron chi connectivity index (χ2n) is 6.42. The molecule has 146 valence electrons. The fourth-order valence-electron chi connectivity index (χ4n) is 3.04. The molecule has 0 saturated heterocycles. The number of allylic oxidation sites excluding steroid dienone is 1. The average Bonchev–Trinajstić information content (AvgIpc) is 2.67. The molecule has 0 spiro atoms. The first-order chi connectivity index (χ1) is 13.5. The van der Waals surface area contributed by atoms with Crippen LogP contribution in [0.1, 0.15) is 31.9 Å². The van der Waals surface area contributed by atoms with Crippen LogP contribution in [0.3, 0.4) is 0 Å². The summed E-state index contributed by atoms with van der Waals surface area (Å²) in [5.74, 6) is 0.530. The molecule has 1 amide bonds. The normalized spacial score (nSPS) is 16.2. The monoisotopic (exact) mass is 459 g/mol. The zero-order valence-corrected chi connectivity index (χ0v) is 18.1. The van der Waals surface area contributed by atoms with Crippen LogP contribution in [0.25, 0.3) is 0 Å². The van der Waals surface area contributed by atoms with Crippen molar-refractivity contribution in [3.05, 3.63) is 69.8 Å². The van der Waals surface area contributed by atoms with Crippen LogP contribution in [-0.4, -0.2) is 17.6 Å². The number of para-hydroxylation sites is 1. The molecule has 0 bridgehead atoms. The number of ether oxygens (including phenoxy) is 1. The molecule has 0 aromatic heterocycles. The van der Waals surface area contributed by atoms with Crippen LogP contribution in [0.15, 0.2) is 64.3 Å². The summed E-state index contributed by atoms with van der Waals surface area (Å²) >= 11 is 8.88. The summed E-state index contributed by atoms with van der Waals surface area (Å²) in [6.45, 7) is 4.50. The van der Waals surface area contributed by atoms with E-state index in [0.717, 1.165) is 27.9 Å². The number of hydrogen-bond acceptors (Lipinski definition) is 3. The standard InChI is InChI=1S/C21H22BrN3O2S/c1-3-11-27-17-10-9-14(22)12-16(17)19-18(13(2)23-21(28)25-19)20(26)24-15-7-5-4-6-8-15/h4-10,12,19H,3,11H2,1-2H3,(H,24,26)(H2,23,25,28). The molecule has 5 nitrogen and oxygen atoms in total. The average molecular weight is 460 g/mol. The van der Waals surface area contributed by atoms with Crippen LogP contribution < -0.4 is 20.7 Å². The van der Waals surface area contributed by atoms with Crippen LogP contribution in [0.4, 0.5) is 5.69 Å². The zero-order valence-electron chi connectivity index (χ0n) is 15.7. The van der Waals surface area contributed by atoms with E-state index < -0.39 is 6.04 Å². The minimum atomic E-state index is -0.429. The molecule has 2 aromatic carbocycles. The van der Waals surface area contributed by atoms with Crippen LogP contribution >= 0.6 is 28.1 Å². The Morgan fingerprint density at radius 3 is 2.71 bits per heavy atom. The Morgan fingerprint density at radius 2 is 2.00 bits per heavy atom. The van der Waals surface area contributed by atoms with E-state index in [1.54, 1.807) is 0 Å². The van der Waals surface area contributed by atoms with Gasteiger partial charge in [0.25, 0.3) is 5.91 Å². The molecule has 1 heterocycles. The van der Waals surface area contributed by atoms with Gasteiger partial charge in [-0.3, -0.25) is 4.79 Å². The van der Waals surface area contributed by atoms with Gasteiger partial charge in [0.05, 0.1) is 18.2 Å². The van der Waals surface area contributed by atoms with Crippen LogP contribution in [0.5, 0.6) is 5.75 Å². The van der Waals surface area contributed by atoms with Crippen molar-refractivity contribution in [2.75, 3.05) is 11.9 Å². The molecule has 2 aromatic rings. The Morgan fingerprint density at radius 1 is 1.25 bits per heavy atom. The minimum absolute atomic E-state index is 0.197. The number of hydrogen-bond donors (Lipinski definition) is 3. The van der Waals surface area contributed by atoms with Gasteiger partial charge in [-0.25, -0.2) is 0 Å². The van der Waals surface area contributed by atoms with E-state index in [-0.39, 0.29) is 5.91 Å². The molecule has 3 rings (SSSR count). The van der Waals surface area contributed by atoms with Crippen molar-refractivity contribution in [1.29, 1.82) is 0 Å². The molecule has 0 radical (unpaired) electrons. The lowest BCUT2D eigenvalue weighted by Gasteiger charge is -2.31. The highest BCUT2D eigenvalue weighted by molar-refractivity contribution is 9.10. The maximum Gasteiger partial charge on any atom is 0.255 e. The molecule has 0 saturated carbocycles. The van der Waals surface area contributed by atoms with E-state index >= 15 is 0 Å². The van der Waals surface area contributed by atoms with Crippen molar-refractivity contribution in [2.24, 2.45) is 0 Å². The number of halogens is 1. The van der Waals surface area contributed by atoms with Gasteiger partial charge in [0.15, 0.2) is 5.11 Å². The van der Waals surface area contributed by atoms with E-state index in [4.69, 9.17) is 17.0 Å². The lowest BCUT2D eigenvalue weighted by Crippen LogP contribution is -2.45. The topological polar surface area (TPSA) is 62.4 Å². The van der Waals surface area contributed by atoms with Crippen LogP contribution in [0, 0.1) is 0 Å². The molecule has 0 aliphatic carbocycles. The van der Waals surface area contributed by atoms with Crippen LogP contribution in [0.2, 0.25) is 0 Å². The zero-order chi connectivity index (χ0) is 20.1. The van der Waals surface area contributed by atoms with Gasteiger partial charge in [0.1, 0.15) is 5.75 Å². The fourth-order valence-corrected chi connectivity index (χ4v) is 3.69. The van der Waals surface area contributed by atoms with Crippen molar-refractivity contribution in [3.63, 3.8) is 0 Å². The van der Waals surface area contributed by atoms with Crippen molar-refractivity contribution >= 4 is 44.9 Å². The number of benzene rings is 2. The molecule has 0 fully saturated rings. The molecule has 1 aliphatic rings. The third-order valence-corrected chi connectivity index (χ3v) is 5.00. The third kappa shape index (κ3) is 4.72.